The Bertz CT molecular complexity index is 1070. The lowest BCUT2D eigenvalue weighted by Crippen LogP contribution is -2.70. The molecule has 3 rings (SSSR count). The van der Waals surface area contributed by atoms with Gasteiger partial charge in [-0.25, -0.2) is 8.42 Å². The predicted octanol–water partition coefficient (Wildman–Crippen LogP) is 2.33. The zero-order chi connectivity index (χ0) is 22.1. The van der Waals surface area contributed by atoms with Crippen LogP contribution in [0.25, 0.3) is 0 Å². The molecule has 0 bridgehead atoms. The van der Waals surface area contributed by atoms with E-state index in [1.807, 2.05) is 31.2 Å². The van der Waals surface area contributed by atoms with Crippen molar-refractivity contribution in [3.05, 3.63) is 64.7 Å². The van der Waals surface area contributed by atoms with Crippen molar-refractivity contribution >= 4 is 39.1 Å². The molecular formula is C21H24ClN3O4S. The molecule has 160 valence electrons. The maximum absolute atomic E-state index is 13.3. The summed E-state index contributed by atoms with van der Waals surface area (Å²) >= 11 is 6.09. The van der Waals surface area contributed by atoms with E-state index in [1.54, 1.807) is 31.2 Å². The van der Waals surface area contributed by atoms with Gasteiger partial charge in [0.15, 0.2) is 0 Å². The smallest absolute Gasteiger partial charge is 0.247 e. The molecule has 2 aromatic rings. The predicted molar refractivity (Wildman–Crippen MR) is 117 cm³/mol. The lowest BCUT2D eigenvalue weighted by molar-refractivity contribution is -0.133. The molecule has 30 heavy (non-hydrogen) atoms. The molecule has 0 aromatic heterocycles. The van der Waals surface area contributed by atoms with Gasteiger partial charge in [-0.3, -0.25) is 14.5 Å². The second-order valence-electron chi connectivity index (χ2n) is 7.68. The summed E-state index contributed by atoms with van der Waals surface area (Å²) in [7, 11) is -3.67. The lowest BCUT2D eigenvalue weighted by atomic mass is 9.94. The molecule has 1 N–H and O–H groups in total. The van der Waals surface area contributed by atoms with Crippen LogP contribution in [0, 0.1) is 6.92 Å². The molecule has 0 saturated carbocycles. The second-order valence-corrected chi connectivity index (χ2v) is 10.1. The topological polar surface area (TPSA) is 86.8 Å². The molecular weight excluding hydrogens is 426 g/mol. The van der Waals surface area contributed by atoms with Gasteiger partial charge in [0.1, 0.15) is 5.54 Å². The van der Waals surface area contributed by atoms with Crippen LogP contribution in [0.4, 0.5) is 5.69 Å². The maximum atomic E-state index is 13.3. The van der Waals surface area contributed by atoms with Gasteiger partial charge < -0.3 is 5.32 Å². The van der Waals surface area contributed by atoms with E-state index in [1.165, 1.54) is 4.90 Å². The van der Waals surface area contributed by atoms with Crippen LogP contribution in [0.15, 0.2) is 48.5 Å². The first-order chi connectivity index (χ1) is 14.0. The molecule has 1 aliphatic rings. The lowest BCUT2D eigenvalue weighted by Gasteiger charge is -2.46. The van der Waals surface area contributed by atoms with Crippen molar-refractivity contribution in [2.45, 2.75) is 25.9 Å². The van der Waals surface area contributed by atoms with Gasteiger partial charge in [0, 0.05) is 23.8 Å². The molecule has 0 unspecified atom stereocenters. The molecule has 1 fully saturated rings. The highest BCUT2D eigenvalue weighted by Gasteiger charge is 2.50. The third-order valence-electron chi connectivity index (χ3n) is 5.14. The molecule has 1 saturated heterocycles. The minimum absolute atomic E-state index is 0.163. The van der Waals surface area contributed by atoms with Gasteiger partial charge in [-0.2, -0.15) is 4.31 Å². The molecule has 2 amide bonds. The van der Waals surface area contributed by atoms with Gasteiger partial charge in [-0.05, 0) is 37.6 Å². The zero-order valence-electron chi connectivity index (χ0n) is 17.1. The first kappa shape index (κ1) is 22.3. The first-order valence-electron chi connectivity index (χ1n) is 9.38. The van der Waals surface area contributed by atoms with Crippen molar-refractivity contribution in [2.75, 3.05) is 24.2 Å². The molecule has 1 heterocycles. The molecule has 0 radical (unpaired) electrons. The molecule has 7 nitrogen and oxygen atoms in total. The fourth-order valence-corrected chi connectivity index (χ4v) is 4.51. The average Bonchev–Trinajstić information content (AvgIpc) is 2.66. The number of rotatable bonds is 5. The number of carbonyl (C=O) groups excluding carboxylic acids is 2. The van der Waals surface area contributed by atoms with E-state index >= 15 is 0 Å². The quantitative estimate of drug-likeness (QED) is 0.759. The Labute approximate surface area is 181 Å². The van der Waals surface area contributed by atoms with E-state index < -0.39 is 27.4 Å². The van der Waals surface area contributed by atoms with Crippen LogP contribution < -0.4 is 10.2 Å². The number of nitrogens with one attached hydrogen (secondary N) is 1. The van der Waals surface area contributed by atoms with E-state index in [2.05, 4.69) is 5.32 Å². The number of halogens is 1. The van der Waals surface area contributed by atoms with Crippen LogP contribution in [-0.4, -0.2) is 49.4 Å². The second kappa shape index (κ2) is 8.37. The van der Waals surface area contributed by atoms with Gasteiger partial charge in [0.05, 0.1) is 12.8 Å². The normalized spacial score (nSPS) is 20.3. The third kappa shape index (κ3) is 4.66. The van der Waals surface area contributed by atoms with Crippen LogP contribution in [0.3, 0.4) is 0 Å². The average molecular weight is 450 g/mol. The zero-order valence-corrected chi connectivity index (χ0v) is 18.6. The molecule has 2 aromatic carbocycles. The monoisotopic (exact) mass is 449 g/mol. The number of hydrogen-bond donors (Lipinski definition) is 1. The Morgan fingerprint density at radius 2 is 1.87 bits per heavy atom. The molecule has 1 atom stereocenters. The summed E-state index contributed by atoms with van der Waals surface area (Å²) in [5.74, 6) is -0.952. The molecule has 0 spiro atoms. The van der Waals surface area contributed by atoms with Crippen molar-refractivity contribution in [3.63, 3.8) is 0 Å². The fourth-order valence-electron chi connectivity index (χ4n) is 3.50. The standard InChI is InChI=1S/C21H24ClN3O4S/c1-15-7-9-16(10-8-15)12-23-20(27)21(2)14-24(30(3,28)29)13-19(26)25(21)18-6-4-5-17(22)11-18/h4-11H,12-14H2,1-3H3,(H,23,27)/t21-/m1/s1. The highest BCUT2D eigenvalue weighted by atomic mass is 35.5. The number of piperazine rings is 1. The van der Waals surface area contributed by atoms with Gasteiger partial charge in [0.2, 0.25) is 21.8 Å². The summed E-state index contributed by atoms with van der Waals surface area (Å²) in [6, 6.07) is 14.3. The number of aryl methyl sites for hydroxylation is 1. The number of nitrogens with zero attached hydrogens (tertiary/aromatic N) is 2. The Morgan fingerprint density at radius 1 is 1.20 bits per heavy atom. The number of benzene rings is 2. The van der Waals surface area contributed by atoms with Crippen molar-refractivity contribution in [1.82, 2.24) is 9.62 Å². The summed E-state index contributed by atoms with van der Waals surface area (Å²) in [4.78, 5) is 27.6. The minimum atomic E-state index is -3.67. The van der Waals surface area contributed by atoms with E-state index in [0.717, 1.165) is 21.7 Å². The van der Waals surface area contributed by atoms with Gasteiger partial charge in [-0.15, -0.1) is 0 Å². The molecule has 0 aliphatic carbocycles. The van der Waals surface area contributed by atoms with Crippen LogP contribution in [-0.2, 0) is 26.2 Å². The van der Waals surface area contributed by atoms with Gasteiger partial charge in [0.25, 0.3) is 0 Å². The number of sulfonamides is 1. The first-order valence-corrected chi connectivity index (χ1v) is 11.6. The molecule has 9 heteroatoms. The Morgan fingerprint density at radius 3 is 2.47 bits per heavy atom. The minimum Gasteiger partial charge on any atom is -0.350 e. The summed E-state index contributed by atoms with van der Waals surface area (Å²) in [6.45, 7) is 3.29. The van der Waals surface area contributed by atoms with E-state index in [9.17, 15) is 18.0 Å². The Hall–Kier alpha value is -2.42. The van der Waals surface area contributed by atoms with Crippen LogP contribution >= 0.6 is 11.6 Å². The summed E-state index contributed by atoms with van der Waals surface area (Å²) in [5.41, 5.74) is 0.988. The van der Waals surface area contributed by atoms with Crippen LogP contribution in [0.1, 0.15) is 18.1 Å². The fraction of sp³-hybridized carbons (Fsp3) is 0.333. The van der Waals surface area contributed by atoms with Gasteiger partial charge >= 0.3 is 0 Å². The summed E-state index contributed by atoms with van der Waals surface area (Å²) < 4.78 is 25.3. The highest BCUT2D eigenvalue weighted by molar-refractivity contribution is 7.88. The number of anilines is 1. The third-order valence-corrected chi connectivity index (χ3v) is 6.57. The van der Waals surface area contributed by atoms with Crippen molar-refractivity contribution < 1.29 is 18.0 Å². The maximum Gasteiger partial charge on any atom is 0.247 e. The SMILES string of the molecule is Cc1ccc(CNC(=O)[C@@]2(C)CN(S(C)(=O)=O)CC(=O)N2c2cccc(Cl)c2)cc1. The van der Waals surface area contributed by atoms with Crippen molar-refractivity contribution in [1.29, 1.82) is 0 Å². The van der Waals surface area contributed by atoms with Crippen molar-refractivity contribution in [3.8, 4) is 0 Å². The van der Waals surface area contributed by atoms with Crippen LogP contribution in [0.2, 0.25) is 5.02 Å². The van der Waals surface area contributed by atoms with Crippen LogP contribution in [0.5, 0.6) is 0 Å². The number of amides is 2. The summed E-state index contributed by atoms with van der Waals surface area (Å²) in [5, 5.41) is 3.26. The highest BCUT2D eigenvalue weighted by Crippen LogP contribution is 2.32. The number of hydrogen-bond acceptors (Lipinski definition) is 4. The Balaban J connectivity index is 1.95. The largest absolute Gasteiger partial charge is 0.350 e. The Kier molecular flexibility index (Phi) is 6.21. The van der Waals surface area contributed by atoms with E-state index in [-0.39, 0.29) is 19.6 Å². The van der Waals surface area contributed by atoms with E-state index in [4.69, 9.17) is 11.6 Å². The molecule has 1 aliphatic heterocycles. The van der Waals surface area contributed by atoms with Gasteiger partial charge in [-0.1, -0.05) is 47.5 Å². The van der Waals surface area contributed by atoms with Crippen molar-refractivity contribution in [2.24, 2.45) is 0 Å². The summed E-state index contributed by atoms with van der Waals surface area (Å²) in [6.07, 6.45) is 1.03. The van der Waals surface area contributed by atoms with E-state index in [0.29, 0.717) is 10.7 Å². The number of carbonyl (C=O) groups is 2.